The molecule has 2 aromatic heterocycles. The van der Waals surface area contributed by atoms with Gasteiger partial charge in [0.1, 0.15) is 11.5 Å². The molecule has 0 saturated heterocycles. The van der Waals surface area contributed by atoms with E-state index < -0.39 is 0 Å². The molecule has 0 fully saturated rings. The van der Waals surface area contributed by atoms with Gasteiger partial charge in [-0.25, -0.2) is 9.37 Å². The minimum Gasteiger partial charge on any atom is -0.322 e. The number of nitrogens with one attached hydrogen (secondary N) is 1. The van der Waals surface area contributed by atoms with Gasteiger partial charge in [0.15, 0.2) is 5.15 Å². The molecule has 0 radical (unpaired) electrons. The Balaban J connectivity index is 1.80. The highest BCUT2D eigenvalue weighted by molar-refractivity contribution is 6.31. The number of carbonyl (C=O) groups is 1. The molecule has 0 unspecified atom stereocenters. The molecule has 1 amide bonds. The number of benzene rings is 1. The lowest BCUT2D eigenvalue weighted by atomic mass is 10.2. The number of anilines is 1. The van der Waals surface area contributed by atoms with E-state index in [1.807, 2.05) is 18.2 Å². The van der Waals surface area contributed by atoms with E-state index in [-0.39, 0.29) is 11.7 Å². The van der Waals surface area contributed by atoms with Crippen LogP contribution >= 0.6 is 11.6 Å². The molecule has 3 aromatic rings. The Labute approximate surface area is 137 Å². The fourth-order valence-electron chi connectivity index (χ4n) is 2.14. The van der Waals surface area contributed by atoms with Crippen molar-refractivity contribution in [1.82, 2.24) is 9.38 Å². The van der Waals surface area contributed by atoms with E-state index in [1.54, 1.807) is 35.7 Å². The maximum absolute atomic E-state index is 13.5. The Bertz CT molecular complexity index is 917. The second-order valence-electron chi connectivity index (χ2n) is 5.00. The number of rotatable bonds is 3. The summed E-state index contributed by atoms with van der Waals surface area (Å²) >= 11 is 6.08. The molecule has 0 spiro atoms. The Kier molecular flexibility index (Phi) is 4.12. The highest BCUT2D eigenvalue weighted by Crippen LogP contribution is 2.19. The molecule has 0 bridgehead atoms. The summed E-state index contributed by atoms with van der Waals surface area (Å²) < 4.78 is 15.2. The van der Waals surface area contributed by atoms with Crippen molar-refractivity contribution >= 4 is 34.9 Å². The maximum Gasteiger partial charge on any atom is 0.248 e. The fraction of sp³-hybridized carbons (Fsp3) is 0.0588. The largest absolute Gasteiger partial charge is 0.322 e. The van der Waals surface area contributed by atoms with E-state index in [0.29, 0.717) is 27.7 Å². The first-order valence-corrected chi connectivity index (χ1v) is 7.30. The molecule has 0 aliphatic heterocycles. The van der Waals surface area contributed by atoms with Gasteiger partial charge in [0.2, 0.25) is 5.91 Å². The standard InChI is InChI=1S/C17H13ClFN3O/c1-11-5-6-12(10-13(11)19)20-16(23)8-7-14-17(18)21-15-4-2-3-9-22(14)15/h2-10H,1H3,(H,20,23). The van der Waals surface area contributed by atoms with Gasteiger partial charge in [-0.2, -0.15) is 0 Å². The van der Waals surface area contributed by atoms with Crippen molar-refractivity contribution in [3.8, 4) is 0 Å². The summed E-state index contributed by atoms with van der Waals surface area (Å²) in [5.74, 6) is -0.744. The van der Waals surface area contributed by atoms with Crippen molar-refractivity contribution in [2.75, 3.05) is 5.32 Å². The minimum absolute atomic E-state index is 0.307. The lowest BCUT2D eigenvalue weighted by molar-refractivity contribution is -0.111. The number of hydrogen-bond acceptors (Lipinski definition) is 2. The van der Waals surface area contributed by atoms with Gasteiger partial charge in [0.25, 0.3) is 0 Å². The topological polar surface area (TPSA) is 46.4 Å². The first-order chi connectivity index (χ1) is 11.0. The summed E-state index contributed by atoms with van der Waals surface area (Å²) in [5.41, 5.74) is 2.22. The molecule has 23 heavy (non-hydrogen) atoms. The molecule has 1 aromatic carbocycles. The second-order valence-corrected chi connectivity index (χ2v) is 5.36. The first kappa shape index (κ1) is 15.2. The quantitative estimate of drug-likeness (QED) is 0.736. The Morgan fingerprint density at radius 3 is 2.96 bits per heavy atom. The monoisotopic (exact) mass is 329 g/mol. The number of halogens is 2. The molecule has 3 rings (SSSR count). The molecule has 1 N–H and O–H groups in total. The van der Waals surface area contributed by atoms with Crippen molar-refractivity contribution in [1.29, 1.82) is 0 Å². The van der Waals surface area contributed by atoms with Crippen LogP contribution in [-0.4, -0.2) is 15.3 Å². The number of fused-ring (bicyclic) bond motifs is 1. The molecular formula is C17H13ClFN3O. The Hall–Kier alpha value is -2.66. The van der Waals surface area contributed by atoms with Crippen molar-refractivity contribution < 1.29 is 9.18 Å². The number of carbonyl (C=O) groups excluding carboxylic acids is 1. The molecule has 0 aliphatic carbocycles. The zero-order valence-corrected chi connectivity index (χ0v) is 13.0. The average molecular weight is 330 g/mol. The fourth-order valence-corrected chi connectivity index (χ4v) is 2.38. The van der Waals surface area contributed by atoms with Crippen LogP contribution in [0.3, 0.4) is 0 Å². The molecule has 116 valence electrons. The van der Waals surface area contributed by atoms with Crippen LogP contribution in [0.15, 0.2) is 48.7 Å². The highest BCUT2D eigenvalue weighted by atomic mass is 35.5. The summed E-state index contributed by atoms with van der Waals surface area (Å²) in [6.07, 6.45) is 4.71. The van der Waals surface area contributed by atoms with Crippen LogP contribution < -0.4 is 5.32 Å². The number of nitrogens with zero attached hydrogens (tertiary/aromatic N) is 2. The van der Waals surface area contributed by atoms with Gasteiger partial charge in [-0.15, -0.1) is 0 Å². The van der Waals surface area contributed by atoms with Crippen LogP contribution in [0.2, 0.25) is 5.15 Å². The van der Waals surface area contributed by atoms with Crippen molar-refractivity contribution in [2.45, 2.75) is 6.92 Å². The smallest absolute Gasteiger partial charge is 0.248 e. The van der Waals surface area contributed by atoms with Crippen LogP contribution in [0.4, 0.5) is 10.1 Å². The van der Waals surface area contributed by atoms with Crippen molar-refractivity contribution in [2.24, 2.45) is 0 Å². The van der Waals surface area contributed by atoms with E-state index in [0.717, 1.165) is 0 Å². The van der Waals surface area contributed by atoms with Crippen LogP contribution in [0, 0.1) is 12.7 Å². The molecule has 0 aliphatic rings. The zero-order valence-electron chi connectivity index (χ0n) is 12.3. The summed E-state index contributed by atoms with van der Waals surface area (Å²) in [5, 5.41) is 2.91. The van der Waals surface area contributed by atoms with Gasteiger partial charge in [0.05, 0.1) is 5.69 Å². The van der Waals surface area contributed by atoms with E-state index >= 15 is 0 Å². The number of pyridine rings is 1. The predicted molar refractivity (Wildman–Crippen MR) is 89.0 cm³/mol. The van der Waals surface area contributed by atoms with Gasteiger partial charge in [-0.1, -0.05) is 23.7 Å². The normalized spacial score (nSPS) is 11.3. The maximum atomic E-state index is 13.5. The van der Waals surface area contributed by atoms with Crippen LogP contribution in [-0.2, 0) is 4.79 Å². The van der Waals surface area contributed by atoms with E-state index in [2.05, 4.69) is 10.3 Å². The summed E-state index contributed by atoms with van der Waals surface area (Å²) in [7, 11) is 0. The number of aromatic nitrogens is 2. The number of imidazole rings is 1. The molecule has 2 heterocycles. The second kappa shape index (κ2) is 6.22. The predicted octanol–water partition coefficient (Wildman–Crippen LogP) is 4.09. The minimum atomic E-state index is -0.379. The Morgan fingerprint density at radius 2 is 2.17 bits per heavy atom. The lowest BCUT2D eigenvalue weighted by Crippen LogP contribution is -2.08. The molecule has 4 nitrogen and oxygen atoms in total. The third-order valence-corrected chi connectivity index (χ3v) is 3.63. The third kappa shape index (κ3) is 3.24. The van der Waals surface area contributed by atoms with Crippen LogP contribution in [0.5, 0.6) is 0 Å². The van der Waals surface area contributed by atoms with E-state index in [4.69, 9.17) is 11.6 Å². The van der Waals surface area contributed by atoms with Gasteiger partial charge >= 0.3 is 0 Å². The average Bonchev–Trinajstić information content (AvgIpc) is 2.84. The number of hydrogen-bond donors (Lipinski definition) is 1. The van der Waals surface area contributed by atoms with E-state index in [9.17, 15) is 9.18 Å². The van der Waals surface area contributed by atoms with Crippen LogP contribution in [0.1, 0.15) is 11.3 Å². The highest BCUT2D eigenvalue weighted by Gasteiger charge is 2.07. The summed E-state index contributed by atoms with van der Waals surface area (Å²) in [6, 6.07) is 10.0. The SMILES string of the molecule is Cc1ccc(NC(=O)C=Cc2c(Cl)nc3ccccn23)cc1F. The van der Waals surface area contributed by atoms with E-state index in [1.165, 1.54) is 12.1 Å². The molecule has 0 saturated carbocycles. The van der Waals surface area contributed by atoms with Crippen molar-refractivity contribution in [3.63, 3.8) is 0 Å². The number of amides is 1. The third-order valence-electron chi connectivity index (χ3n) is 3.35. The van der Waals surface area contributed by atoms with Crippen LogP contribution in [0.25, 0.3) is 11.7 Å². The molecule has 0 atom stereocenters. The molecule has 6 heteroatoms. The lowest BCUT2D eigenvalue weighted by Gasteiger charge is -2.03. The van der Waals surface area contributed by atoms with Gasteiger partial charge in [0, 0.05) is 18.0 Å². The van der Waals surface area contributed by atoms with Crippen molar-refractivity contribution in [3.05, 3.63) is 70.9 Å². The van der Waals surface area contributed by atoms with Gasteiger partial charge < -0.3 is 5.32 Å². The summed E-state index contributed by atoms with van der Waals surface area (Å²) in [6.45, 7) is 1.66. The van der Waals surface area contributed by atoms with Gasteiger partial charge in [-0.3, -0.25) is 9.20 Å². The van der Waals surface area contributed by atoms with Gasteiger partial charge in [-0.05, 0) is 42.8 Å². The Morgan fingerprint density at radius 1 is 1.35 bits per heavy atom. The molecular weight excluding hydrogens is 317 g/mol. The summed E-state index contributed by atoms with van der Waals surface area (Å²) in [4.78, 5) is 16.2. The first-order valence-electron chi connectivity index (χ1n) is 6.92. The zero-order chi connectivity index (χ0) is 16.4. The number of aryl methyl sites for hydroxylation is 1.